The van der Waals surface area contributed by atoms with Crippen molar-refractivity contribution in [2.24, 2.45) is 0 Å². The number of nitrogens with one attached hydrogen (secondary N) is 2. The average molecular weight is 270 g/mol. The number of anilines is 2. The number of rotatable bonds is 8. The summed E-state index contributed by atoms with van der Waals surface area (Å²) in [5.41, 5.74) is -0.735. The van der Waals surface area contributed by atoms with E-state index in [1.54, 1.807) is 11.8 Å². The van der Waals surface area contributed by atoms with Gasteiger partial charge in [-0.2, -0.15) is 11.8 Å². The predicted molar refractivity (Wildman–Crippen MR) is 78.3 cm³/mol. The SMILES string of the molecule is CCCNc1cc(NCC(C)(O)CSC)ncn1. The maximum absolute atomic E-state index is 10.0. The molecule has 1 rings (SSSR count). The topological polar surface area (TPSA) is 70.1 Å². The van der Waals surface area contributed by atoms with Crippen molar-refractivity contribution in [3.8, 4) is 0 Å². The lowest BCUT2D eigenvalue weighted by molar-refractivity contribution is 0.0996. The van der Waals surface area contributed by atoms with Gasteiger partial charge in [-0.05, 0) is 19.6 Å². The Morgan fingerprint density at radius 1 is 1.33 bits per heavy atom. The Morgan fingerprint density at radius 2 is 2.00 bits per heavy atom. The molecule has 0 aliphatic heterocycles. The molecule has 18 heavy (non-hydrogen) atoms. The summed E-state index contributed by atoms with van der Waals surface area (Å²) in [6.07, 6.45) is 4.55. The van der Waals surface area contributed by atoms with Crippen LogP contribution in [0.1, 0.15) is 20.3 Å². The lowest BCUT2D eigenvalue weighted by Gasteiger charge is -2.22. The van der Waals surface area contributed by atoms with Crippen molar-refractivity contribution in [2.75, 3.05) is 35.7 Å². The summed E-state index contributed by atoms with van der Waals surface area (Å²) in [6.45, 7) is 5.28. The fourth-order valence-corrected chi connectivity index (χ4v) is 2.17. The maximum Gasteiger partial charge on any atom is 0.131 e. The standard InChI is InChI=1S/C12H22N4OS/c1-4-5-13-10-6-11(16-9-15-10)14-7-12(2,17)8-18-3/h6,9,17H,4-5,7-8H2,1-3H3,(H2,13,14,15,16). The van der Waals surface area contributed by atoms with Crippen molar-refractivity contribution in [2.45, 2.75) is 25.9 Å². The maximum atomic E-state index is 10.0. The first kappa shape index (κ1) is 15.0. The zero-order valence-electron chi connectivity index (χ0n) is 11.2. The van der Waals surface area contributed by atoms with E-state index in [2.05, 4.69) is 27.5 Å². The van der Waals surface area contributed by atoms with Crippen LogP contribution >= 0.6 is 11.8 Å². The summed E-state index contributed by atoms with van der Waals surface area (Å²) < 4.78 is 0. The highest BCUT2D eigenvalue weighted by Crippen LogP contribution is 2.13. The monoisotopic (exact) mass is 270 g/mol. The van der Waals surface area contributed by atoms with Crippen LogP contribution in [0.2, 0.25) is 0 Å². The molecule has 1 heterocycles. The zero-order valence-corrected chi connectivity index (χ0v) is 12.0. The zero-order chi connectivity index (χ0) is 13.4. The smallest absolute Gasteiger partial charge is 0.131 e. The van der Waals surface area contributed by atoms with Crippen LogP contribution in [-0.4, -0.2) is 45.8 Å². The summed E-state index contributed by atoms with van der Waals surface area (Å²) in [5.74, 6) is 2.22. The molecule has 1 atom stereocenters. The minimum absolute atomic E-state index is 0.470. The molecule has 0 aromatic carbocycles. The molecule has 0 spiro atoms. The number of nitrogens with zero attached hydrogens (tertiary/aromatic N) is 2. The fraction of sp³-hybridized carbons (Fsp3) is 0.667. The molecule has 0 aliphatic rings. The molecule has 0 saturated carbocycles. The second kappa shape index (κ2) is 7.43. The Kier molecular flexibility index (Phi) is 6.21. The Labute approximate surface area is 113 Å². The number of aliphatic hydroxyl groups is 1. The van der Waals surface area contributed by atoms with E-state index in [-0.39, 0.29) is 0 Å². The first-order chi connectivity index (χ1) is 8.57. The van der Waals surface area contributed by atoms with Gasteiger partial charge in [-0.3, -0.25) is 0 Å². The molecule has 0 bridgehead atoms. The predicted octanol–water partition coefficient (Wildman–Crippen LogP) is 1.82. The number of hydrogen-bond acceptors (Lipinski definition) is 6. The number of aromatic nitrogens is 2. The Morgan fingerprint density at radius 3 is 2.61 bits per heavy atom. The van der Waals surface area contributed by atoms with Crippen molar-refractivity contribution < 1.29 is 5.11 Å². The van der Waals surface area contributed by atoms with Gasteiger partial charge in [0.1, 0.15) is 18.0 Å². The Balaban J connectivity index is 2.51. The van der Waals surface area contributed by atoms with Gasteiger partial charge in [0.05, 0.1) is 5.60 Å². The Bertz CT molecular complexity index is 360. The van der Waals surface area contributed by atoms with E-state index in [1.807, 2.05) is 19.2 Å². The van der Waals surface area contributed by atoms with Crippen molar-refractivity contribution >= 4 is 23.4 Å². The molecule has 5 nitrogen and oxygen atoms in total. The fourth-order valence-electron chi connectivity index (χ4n) is 1.45. The van der Waals surface area contributed by atoms with Gasteiger partial charge in [-0.15, -0.1) is 0 Å². The second-order valence-electron chi connectivity index (χ2n) is 4.50. The van der Waals surface area contributed by atoms with Gasteiger partial charge in [0.25, 0.3) is 0 Å². The van der Waals surface area contributed by atoms with Crippen molar-refractivity contribution in [3.05, 3.63) is 12.4 Å². The van der Waals surface area contributed by atoms with Crippen LogP contribution in [0.4, 0.5) is 11.6 Å². The van der Waals surface area contributed by atoms with Gasteiger partial charge in [0, 0.05) is 24.9 Å². The van der Waals surface area contributed by atoms with Crippen LogP contribution in [0, 0.1) is 0 Å². The van der Waals surface area contributed by atoms with E-state index in [9.17, 15) is 5.11 Å². The van der Waals surface area contributed by atoms with Crippen molar-refractivity contribution in [3.63, 3.8) is 0 Å². The van der Waals surface area contributed by atoms with Crippen molar-refractivity contribution in [1.29, 1.82) is 0 Å². The number of thioether (sulfide) groups is 1. The van der Waals surface area contributed by atoms with E-state index >= 15 is 0 Å². The Hall–Kier alpha value is -1.01. The van der Waals surface area contributed by atoms with Gasteiger partial charge < -0.3 is 15.7 Å². The molecular weight excluding hydrogens is 248 g/mol. The van der Waals surface area contributed by atoms with Crippen LogP contribution < -0.4 is 10.6 Å². The molecule has 1 aromatic heterocycles. The van der Waals surface area contributed by atoms with Gasteiger partial charge in [0.2, 0.25) is 0 Å². The van der Waals surface area contributed by atoms with Crippen LogP contribution in [0.3, 0.4) is 0 Å². The van der Waals surface area contributed by atoms with Gasteiger partial charge >= 0.3 is 0 Å². The summed E-state index contributed by atoms with van der Waals surface area (Å²) >= 11 is 1.62. The third-order valence-corrected chi connectivity index (χ3v) is 3.24. The van der Waals surface area contributed by atoms with Crippen LogP contribution in [0.5, 0.6) is 0 Å². The van der Waals surface area contributed by atoms with Crippen molar-refractivity contribution in [1.82, 2.24) is 9.97 Å². The minimum atomic E-state index is -0.735. The first-order valence-corrected chi connectivity index (χ1v) is 7.48. The largest absolute Gasteiger partial charge is 0.387 e. The summed E-state index contributed by atoms with van der Waals surface area (Å²) in [6, 6.07) is 1.85. The lowest BCUT2D eigenvalue weighted by Crippen LogP contribution is -2.36. The molecule has 0 amide bonds. The molecule has 102 valence electrons. The summed E-state index contributed by atoms with van der Waals surface area (Å²) in [4.78, 5) is 8.26. The van der Waals surface area contributed by atoms with E-state index in [0.29, 0.717) is 12.3 Å². The van der Waals surface area contributed by atoms with Crippen LogP contribution in [0.25, 0.3) is 0 Å². The molecule has 3 N–H and O–H groups in total. The molecule has 0 fully saturated rings. The van der Waals surface area contributed by atoms with E-state index in [1.165, 1.54) is 6.33 Å². The second-order valence-corrected chi connectivity index (χ2v) is 5.36. The van der Waals surface area contributed by atoms with Crippen LogP contribution in [-0.2, 0) is 0 Å². The molecule has 0 aliphatic carbocycles. The first-order valence-electron chi connectivity index (χ1n) is 6.08. The summed E-state index contributed by atoms with van der Waals surface area (Å²) in [7, 11) is 0. The van der Waals surface area contributed by atoms with E-state index in [0.717, 1.165) is 24.6 Å². The third kappa shape index (κ3) is 5.55. The quantitative estimate of drug-likeness (QED) is 0.669. The highest BCUT2D eigenvalue weighted by Gasteiger charge is 2.19. The highest BCUT2D eigenvalue weighted by molar-refractivity contribution is 7.98. The minimum Gasteiger partial charge on any atom is -0.387 e. The number of hydrogen-bond donors (Lipinski definition) is 3. The molecule has 0 radical (unpaired) electrons. The molecule has 1 aromatic rings. The van der Waals surface area contributed by atoms with E-state index in [4.69, 9.17) is 0 Å². The average Bonchev–Trinajstić information content (AvgIpc) is 2.35. The molecule has 6 heteroatoms. The highest BCUT2D eigenvalue weighted by atomic mass is 32.2. The van der Waals surface area contributed by atoms with Gasteiger partial charge in [0.15, 0.2) is 0 Å². The van der Waals surface area contributed by atoms with Gasteiger partial charge in [-0.25, -0.2) is 9.97 Å². The summed E-state index contributed by atoms with van der Waals surface area (Å²) in [5, 5.41) is 16.4. The molecule has 1 unspecified atom stereocenters. The third-order valence-electron chi connectivity index (χ3n) is 2.33. The lowest BCUT2D eigenvalue weighted by atomic mass is 10.1. The molecule has 0 saturated heterocycles. The molecular formula is C12H22N4OS. The van der Waals surface area contributed by atoms with Gasteiger partial charge in [-0.1, -0.05) is 6.92 Å². The van der Waals surface area contributed by atoms with E-state index < -0.39 is 5.60 Å². The normalized spacial score (nSPS) is 14.0. The van der Waals surface area contributed by atoms with Crippen LogP contribution in [0.15, 0.2) is 12.4 Å².